The van der Waals surface area contributed by atoms with E-state index in [1.807, 2.05) is 0 Å². The predicted octanol–water partition coefficient (Wildman–Crippen LogP) is 2.32. The molecular weight excluding hydrogens is 219 g/mol. The number of allylic oxidation sites excluding steroid dienone is 3. The van der Waals surface area contributed by atoms with Gasteiger partial charge in [0.2, 0.25) is 0 Å². The highest BCUT2D eigenvalue weighted by atomic mass is 35.5. The first-order valence-electron chi connectivity index (χ1n) is 5.16. The van der Waals surface area contributed by atoms with Crippen molar-refractivity contribution in [3.05, 3.63) is 23.5 Å². The van der Waals surface area contributed by atoms with Gasteiger partial charge in [-0.15, -0.1) is 11.6 Å². The van der Waals surface area contributed by atoms with Crippen LogP contribution in [0.1, 0.15) is 19.3 Å². The van der Waals surface area contributed by atoms with Crippen molar-refractivity contribution in [2.45, 2.75) is 37.6 Å². The molecule has 3 atom stereocenters. The van der Waals surface area contributed by atoms with Gasteiger partial charge in [0.25, 0.3) is 0 Å². The highest BCUT2D eigenvalue weighted by molar-refractivity contribution is 6.18. The zero-order valence-electron chi connectivity index (χ0n) is 8.33. The van der Waals surface area contributed by atoms with Crippen molar-refractivity contribution in [3.8, 4) is 0 Å². The summed E-state index contributed by atoms with van der Waals surface area (Å²) in [5.74, 6) is 0.896. The van der Waals surface area contributed by atoms with Crippen LogP contribution in [0.25, 0.3) is 0 Å². The number of halogens is 2. The molecule has 2 nitrogen and oxygen atoms in total. The Kier molecular flexibility index (Phi) is 3.32. The summed E-state index contributed by atoms with van der Waals surface area (Å²) in [6, 6.07) is 0. The van der Waals surface area contributed by atoms with E-state index in [9.17, 15) is 9.50 Å². The van der Waals surface area contributed by atoms with Crippen molar-refractivity contribution >= 4 is 11.6 Å². The molecule has 1 saturated heterocycles. The molecule has 0 bridgehead atoms. The second-order valence-electron chi connectivity index (χ2n) is 3.93. The van der Waals surface area contributed by atoms with Crippen molar-refractivity contribution < 1.29 is 14.2 Å². The summed E-state index contributed by atoms with van der Waals surface area (Å²) in [7, 11) is 0. The number of alkyl halides is 2. The van der Waals surface area contributed by atoms with Crippen molar-refractivity contribution in [1.29, 1.82) is 0 Å². The first kappa shape index (κ1) is 11.0. The Balaban J connectivity index is 2.04. The normalized spacial score (nSPS) is 32.2. The number of rotatable bonds is 2. The molecule has 4 heteroatoms. The van der Waals surface area contributed by atoms with E-state index in [1.165, 1.54) is 0 Å². The number of ether oxygens (including phenoxy) is 1. The van der Waals surface area contributed by atoms with E-state index in [4.69, 9.17) is 16.3 Å². The summed E-state index contributed by atoms with van der Waals surface area (Å²) in [4.78, 5) is 0. The first-order chi connectivity index (χ1) is 7.20. The quantitative estimate of drug-likeness (QED) is 0.741. The summed E-state index contributed by atoms with van der Waals surface area (Å²) in [5, 5.41) is 9.55. The summed E-state index contributed by atoms with van der Waals surface area (Å²) in [6.07, 6.45) is 3.41. The maximum absolute atomic E-state index is 13.0. The van der Waals surface area contributed by atoms with Gasteiger partial charge in [0.15, 0.2) is 0 Å². The second-order valence-corrected chi connectivity index (χ2v) is 4.24. The first-order valence-corrected chi connectivity index (χ1v) is 5.70. The molecule has 3 unspecified atom stereocenters. The van der Waals surface area contributed by atoms with Gasteiger partial charge in [-0.2, -0.15) is 0 Å². The van der Waals surface area contributed by atoms with Crippen LogP contribution in [0.4, 0.5) is 4.39 Å². The molecule has 0 aromatic heterocycles. The number of hydrogen-bond donors (Lipinski definition) is 1. The lowest BCUT2D eigenvalue weighted by Crippen LogP contribution is -2.34. The van der Waals surface area contributed by atoms with Gasteiger partial charge in [0.1, 0.15) is 24.1 Å². The summed E-state index contributed by atoms with van der Waals surface area (Å²) in [5.41, 5.74) is 0.923. The Morgan fingerprint density at radius 1 is 1.67 bits per heavy atom. The van der Waals surface area contributed by atoms with Gasteiger partial charge in [-0.1, -0.05) is 0 Å². The van der Waals surface area contributed by atoms with Crippen LogP contribution >= 0.6 is 11.6 Å². The molecule has 84 valence electrons. The Labute approximate surface area is 93.4 Å². The van der Waals surface area contributed by atoms with E-state index in [0.717, 1.165) is 17.8 Å². The van der Waals surface area contributed by atoms with Gasteiger partial charge in [0, 0.05) is 6.42 Å². The van der Waals surface area contributed by atoms with Gasteiger partial charge in [-0.3, -0.25) is 0 Å². The molecule has 1 N–H and O–H groups in total. The highest BCUT2D eigenvalue weighted by Gasteiger charge is 2.29. The molecular formula is C11H14ClFO2. The molecule has 0 aromatic carbocycles. The van der Waals surface area contributed by atoms with Crippen molar-refractivity contribution in [2.24, 2.45) is 0 Å². The molecule has 1 fully saturated rings. The minimum absolute atomic E-state index is 0.169. The molecule has 0 radical (unpaired) electrons. The van der Waals surface area contributed by atoms with Gasteiger partial charge in [-0.05, 0) is 30.6 Å². The number of hydrogen-bond acceptors (Lipinski definition) is 2. The van der Waals surface area contributed by atoms with Gasteiger partial charge >= 0.3 is 0 Å². The molecule has 0 amide bonds. The largest absolute Gasteiger partial charge is 0.488 e. The van der Waals surface area contributed by atoms with Crippen LogP contribution in [0.2, 0.25) is 0 Å². The van der Waals surface area contributed by atoms with Crippen molar-refractivity contribution in [1.82, 2.24) is 0 Å². The predicted molar refractivity (Wildman–Crippen MR) is 56.5 cm³/mol. The van der Waals surface area contributed by atoms with Crippen LogP contribution in [0.3, 0.4) is 0 Å². The average molecular weight is 233 g/mol. The molecule has 1 aliphatic heterocycles. The van der Waals surface area contributed by atoms with Crippen LogP contribution in [0.15, 0.2) is 23.5 Å². The van der Waals surface area contributed by atoms with E-state index >= 15 is 0 Å². The van der Waals surface area contributed by atoms with E-state index < -0.39 is 12.3 Å². The molecule has 2 rings (SSSR count). The Hall–Kier alpha value is -0.540. The molecule has 15 heavy (non-hydrogen) atoms. The zero-order chi connectivity index (χ0) is 10.8. The van der Waals surface area contributed by atoms with Crippen LogP contribution in [0.5, 0.6) is 0 Å². The van der Waals surface area contributed by atoms with Crippen molar-refractivity contribution in [2.75, 3.05) is 5.88 Å². The van der Waals surface area contributed by atoms with E-state index in [-0.39, 0.29) is 12.0 Å². The fraction of sp³-hybridized carbons (Fsp3) is 0.636. The third kappa shape index (κ3) is 2.34. The zero-order valence-corrected chi connectivity index (χ0v) is 9.08. The smallest absolute Gasteiger partial charge is 0.126 e. The van der Waals surface area contributed by atoms with Gasteiger partial charge in [0.05, 0.1) is 5.88 Å². The topological polar surface area (TPSA) is 29.5 Å². The van der Waals surface area contributed by atoms with Crippen LogP contribution < -0.4 is 0 Å². The fourth-order valence-electron chi connectivity index (χ4n) is 1.94. The maximum atomic E-state index is 13.0. The summed E-state index contributed by atoms with van der Waals surface area (Å²) >= 11 is 5.56. The fourth-order valence-corrected chi connectivity index (χ4v) is 2.14. The number of fused-ring (bicyclic) bond motifs is 1. The Morgan fingerprint density at radius 2 is 2.47 bits per heavy atom. The molecule has 0 saturated carbocycles. The van der Waals surface area contributed by atoms with E-state index in [1.54, 1.807) is 12.2 Å². The van der Waals surface area contributed by atoms with Gasteiger partial charge < -0.3 is 9.84 Å². The SMILES string of the molecule is OC(CCl)C1CCC2=CC(F)CC=C2O1. The molecule has 0 aromatic rings. The monoisotopic (exact) mass is 232 g/mol. The van der Waals surface area contributed by atoms with Crippen LogP contribution in [-0.2, 0) is 4.74 Å². The van der Waals surface area contributed by atoms with Crippen molar-refractivity contribution in [3.63, 3.8) is 0 Å². The highest BCUT2D eigenvalue weighted by Crippen LogP contribution is 2.33. The van der Waals surface area contributed by atoms with Crippen LogP contribution in [0, 0.1) is 0 Å². The third-order valence-corrected chi connectivity index (χ3v) is 3.11. The third-order valence-electron chi connectivity index (χ3n) is 2.79. The molecule has 1 aliphatic carbocycles. The number of aliphatic hydroxyl groups is 1. The standard InChI is InChI=1S/C11H14ClFO2/c12-6-9(14)11-3-1-7-5-8(13)2-4-10(7)15-11/h4-5,8-9,11,14H,1-3,6H2. The average Bonchev–Trinajstić information content (AvgIpc) is 2.27. The molecule has 1 heterocycles. The summed E-state index contributed by atoms with van der Waals surface area (Å²) in [6.45, 7) is 0. The maximum Gasteiger partial charge on any atom is 0.126 e. The summed E-state index contributed by atoms with van der Waals surface area (Å²) < 4.78 is 18.6. The van der Waals surface area contributed by atoms with Crippen LogP contribution in [-0.4, -0.2) is 29.4 Å². The minimum atomic E-state index is -0.887. The lowest BCUT2D eigenvalue weighted by Gasteiger charge is -2.32. The number of aliphatic hydroxyl groups excluding tert-OH is 1. The Bertz CT molecular complexity index is 301. The lowest BCUT2D eigenvalue weighted by molar-refractivity contribution is -0.00610. The Morgan fingerprint density at radius 3 is 3.20 bits per heavy atom. The second kappa shape index (κ2) is 4.54. The lowest BCUT2D eigenvalue weighted by atomic mass is 9.94. The minimum Gasteiger partial charge on any atom is -0.488 e. The van der Waals surface area contributed by atoms with Gasteiger partial charge in [-0.25, -0.2) is 4.39 Å². The van der Waals surface area contributed by atoms with E-state index in [2.05, 4.69) is 0 Å². The molecule has 2 aliphatic rings. The van der Waals surface area contributed by atoms with E-state index in [0.29, 0.717) is 12.8 Å². The molecule has 0 spiro atoms.